The molecule has 0 atom stereocenters. The maximum Gasteiger partial charge on any atom is 0.338 e. The maximum absolute atomic E-state index is 11.9. The minimum absolute atomic E-state index is 0.321. The summed E-state index contributed by atoms with van der Waals surface area (Å²) in [5.74, 6) is -0.643. The Labute approximate surface area is 171 Å². The quantitative estimate of drug-likeness (QED) is 0.510. The molecule has 0 fully saturated rings. The van der Waals surface area contributed by atoms with E-state index in [0.717, 1.165) is 27.8 Å². The molecule has 3 aromatic carbocycles. The fourth-order valence-corrected chi connectivity index (χ4v) is 3.15. The van der Waals surface area contributed by atoms with E-state index < -0.39 is 0 Å². The van der Waals surface area contributed by atoms with Crippen LogP contribution in [-0.2, 0) is 9.47 Å². The van der Waals surface area contributed by atoms with Gasteiger partial charge in [0.15, 0.2) is 0 Å². The molecule has 148 valence electrons. The molecule has 0 aliphatic rings. The van der Waals surface area contributed by atoms with Gasteiger partial charge < -0.3 is 9.47 Å². The third-order valence-corrected chi connectivity index (χ3v) is 4.59. The molecule has 0 unspecified atom stereocenters. The van der Waals surface area contributed by atoms with Crippen LogP contribution in [0, 0.1) is 6.92 Å². The Morgan fingerprint density at radius 1 is 0.655 bits per heavy atom. The first-order chi connectivity index (χ1) is 14.0. The van der Waals surface area contributed by atoms with Crippen molar-refractivity contribution in [1.29, 1.82) is 0 Å². The van der Waals surface area contributed by atoms with E-state index in [9.17, 15) is 9.59 Å². The summed E-state index contributed by atoms with van der Waals surface area (Å²) in [5.41, 5.74) is 6.32. The van der Waals surface area contributed by atoms with Crippen molar-refractivity contribution < 1.29 is 19.1 Å². The standard InChI is InChI=1S/C25H24O4/c1-4-28-24(26)20-11-7-18(8-12-20)22-15-6-17(3)16-23(22)19-9-13-21(14-10-19)25(27)29-5-2/h6-16H,4-5H2,1-3H3. The Kier molecular flexibility index (Phi) is 6.45. The van der Waals surface area contributed by atoms with Crippen LogP contribution in [0.25, 0.3) is 22.3 Å². The van der Waals surface area contributed by atoms with Crippen LogP contribution in [0.3, 0.4) is 0 Å². The number of hydrogen-bond donors (Lipinski definition) is 0. The Bertz CT molecular complexity index is 1000. The molecule has 0 aliphatic carbocycles. The smallest absolute Gasteiger partial charge is 0.338 e. The lowest BCUT2D eigenvalue weighted by Gasteiger charge is -2.13. The number of aryl methyl sites for hydroxylation is 1. The molecular formula is C25H24O4. The number of ether oxygens (including phenoxy) is 2. The van der Waals surface area contributed by atoms with E-state index >= 15 is 0 Å². The second-order valence-corrected chi connectivity index (χ2v) is 6.64. The minimum Gasteiger partial charge on any atom is -0.462 e. The van der Waals surface area contributed by atoms with Crippen molar-refractivity contribution in [3.05, 3.63) is 83.4 Å². The van der Waals surface area contributed by atoms with Crippen molar-refractivity contribution >= 4 is 11.9 Å². The van der Waals surface area contributed by atoms with Gasteiger partial charge >= 0.3 is 11.9 Å². The molecule has 0 spiro atoms. The molecule has 29 heavy (non-hydrogen) atoms. The lowest BCUT2D eigenvalue weighted by molar-refractivity contribution is 0.0517. The van der Waals surface area contributed by atoms with E-state index in [-0.39, 0.29) is 11.9 Å². The van der Waals surface area contributed by atoms with Gasteiger partial charge in [0.25, 0.3) is 0 Å². The van der Waals surface area contributed by atoms with Gasteiger partial charge in [0.05, 0.1) is 24.3 Å². The molecule has 0 amide bonds. The zero-order valence-corrected chi connectivity index (χ0v) is 16.9. The van der Waals surface area contributed by atoms with Crippen LogP contribution in [0.2, 0.25) is 0 Å². The van der Waals surface area contributed by atoms with Gasteiger partial charge in [-0.15, -0.1) is 0 Å². The highest BCUT2D eigenvalue weighted by molar-refractivity contribution is 5.92. The van der Waals surface area contributed by atoms with E-state index in [1.54, 1.807) is 38.1 Å². The van der Waals surface area contributed by atoms with E-state index in [1.807, 2.05) is 31.2 Å². The largest absolute Gasteiger partial charge is 0.462 e. The molecule has 0 aliphatic heterocycles. The van der Waals surface area contributed by atoms with Crippen molar-refractivity contribution in [1.82, 2.24) is 0 Å². The lowest BCUT2D eigenvalue weighted by atomic mass is 9.92. The molecule has 0 aromatic heterocycles. The Hall–Kier alpha value is -3.40. The van der Waals surface area contributed by atoms with Crippen LogP contribution in [0.1, 0.15) is 40.1 Å². The van der Waals surface area contributed by atoms with Crippen molar-refractivity contribution in [3.8, 4) is 22.3 Å². The topological polar surface area (TPSA) is 52.6 Å². The molecular weight excluding hydrogens is 364 g/mol. The summed E-state index contributed by atoms with van der Waals surface area (Å²) < 4.78 is 10.1. The molecule has 0 saturated heterocycles. The number of hydrogen-bond acceptors (Lipinski definition) is 4. The second kappa shape index (κ2) is 9.20. The van der Waals surface area contributed by atoms with Crippen LogP contribution in [0.15, 0.2) is 66.7 Å². The van der Waals surface area contributed by atoms with Gasteiger partial charge in [0.1, 0.15) is 0 Å². The van der Waals surface area contributed by atoms with Gasteiger partial charge in [-0.1, -0.05) is 48.0 Å². The SMILES string of the molecule is CCOC(=O)c1ccc(-c2ccc(C)cc2-c2ccc(C(=O)OCC)cc2)cc1. The van der Waals surface area contributed by atoms with Gasteiger partial charge in [0, 0.05) is 0 Å². The van der Waals surface area contributed by atoms with Crippen molar-refractivity contribution in [2.45, 2.75) is 20.8 Å². The van der Waals surface area contributed by atoms with Crippen LogP contribution in [0.4, 0.5) is 0 Å². The minimum atomic E-state index is -0.322. The van der Waals surface area contributed by atoms with Crippen molar-refractivity contribution in [2.75, 3.05) is 13.2 Å². The van der Waals surface area contributed by atoms with Crippen LogP contribution in [-0.4, -0.2) is 25.2 Å². The predicted molar refractivity (Wildman–Crippen MR) is 114 cm³/mol. The van der Waals surface area contributed by atoms with Crippen molar-refractivity contribution in [3.63, 3.8) is 0 Å². The van der Waals surface area contributed by atoms with E-state index in [4.69, 9.17) is 9.47 Å². The maximum atomic E-state index is 11.9. The zero-order valence-electron chi connectivity index (χ0n) is 16.9. The van der Waals surface area contributed by atoms with E-state index in [1.165, 1.54) is 0 Å². The van der Waals surface area contributed by atoms with E-state index in [0.29, 0.717) is 24.3 Å². The summed E-state index contributed by atoms with van der Waals surface area (Å²) in [5, 5.41) is 0. The Morgan fingerprint density at radius 2 is 1.10 bits per heavy atom. The Balaban J connectivity index is 1.96. The molecule has 0 heterocycles. The average molecular weight is 388 g/mol. The highest BCUT2D eigenvalue weighted by atomic mass is 16.5. The molecule has 3 aromatic rings. The molecule has 3 rings (SSSR count). The van der Waals surface area contributed by atoms with Crippen LogP contribution < -0.4 is 0 Å². The first-order valence-corrected chi connectivity index (χ1v) is 9.69. The fraction of sp³-hybridized carbons (Fsp3) is 0.200. The van der Waals surface area contributed by atoms with E-state index in [2.05, 4.69) is 18.2 Å². The third kappa shape index (κ3) is 4.72. The highest BCUT2D eigenvalue weighted by Gasteiger charge is 2.12. The zero-order chi connectivity index (χ0) is 20.8. The van der Waals surface area contributed by atoms with Gasteiger partial charge in [0.2, 0.25) is 0 Å². The summed E-state index contributed by atoms with van der Waals surface area (Å²) in [6.45, 7) is 6.33. The molecule has 4 heteroatoms. The lowest BCUT2D eigenvalue weighted by Crippen LogP contribution is -2.04. The summed E-state index contributed by atoms with van der Waals surface area (Å²) in [7, 11) is 0. The summed E-state index contributed by atoms with van der Waals surface area (Å²) in [6, 6.07) is 21.1. The molecule has 0 N–H and O–H groups in total. The number of benzene rings is 3. The number of rotatable bonds is 6. The first kappa shape index (κ1) is 20.3. The average Bonchev–Trinajstić information content (AvgIpc) is 2.74. The summed E-state index contributed by atoms with van der Waals surface area (Å²) in [6.07, 6.45) is 0. The molecule has 0 bridgehead atoms. The monoisotopic (exact) mass is 388 g/mol. The van der Waals surface area contributed by atoms with Gasteiger partial charge in [-0.3, -0.25) is 0 Å². The predicted octanol–water partition coefficient (Wildman–Crippen LogP) is 5.68. The number of carbonyl (C=O) groups excluding carboxylic acids is 2. The highest BCUT2D eigenvalue weighted by Crippen LogP contribution is 2.33. The molecule has 0 saturated carbocycles. The van der Waals surface area contributed by atoms with Crippen LogP contribution in [0.5, 0.6) is 0 Å². The van der Waals surface area contributed by atoms with Crippen LogP contribution >= 0.6 is 0 Å². The second-order valence-electron chi connectivity index (χ2n) is 6.64. The van der Waals surface area contributed by atoms with Crippen molar-refractivity contribution in [2.24, 2.45) is 0 Å². The summed E-state index contributed by atoms with van der Waals surface area (Å²) >= 11 is 0. The number of esters is 2. The normalized spacial score (nSPS) is 10.4. The van der Waals surface area contributed by atoms with Gasteiger partial charge in [-0.05, 0) is 67.3 Å². The molecule has 4 nitrogen and oxygen atoms in total. The Morgan fingerprint density at radius 3 is 1.55 bits per heavy atom. The van der Waals surface area contributed by atoms with Gasteiger partial charge in [-0.25, -0.2) is 9.59 Å². The first-order valence-electron chi connectivity index (χ1n) is 9.69. The third-order valence-electron chi connectivity index (χ3n) is 4.59. The molecule has 0 radical (unpaired) electrons. The number of carbonyl (C=O) groups is 2. The fourth-order valence-electron chi connectivity index (χ4n) is 3.15. The summed E-state index contributed by atoms with van der Waals surface area (Å²) in [4.78, 5) is 23.8. The van der Waals surface area contributed by atoms with Gasteiger partial charge in [-0.2, -0.15) is 0 Å².